The highest BCUT2D eigenvalue weighted by atomic mass is 32.2. The topological polar surface area (TPSA) is 57.6 Å². The van der Waals surface area contributed by atoms with Gasteiger partial charge in [0.1, 0.15) is 0 Å². The molecule has 116 valence electrons. The Labute approximate surface area is 127 Å². The summed E-state index contributed by atoms with van der Waals surface area (Å²) in [5.41, 5.74) is 0.744. The predicted molar refractivity (Wildman–Crippen MR) is 84.3 cm³/mol. The molecule has 0 amide bonds. The van der Waals surface area contributed by atoms with Crippen molar-refractivity contribution in [3.05, 3.63) is 29.8 Å². The van der Waals surface area contributed by atoms with Crippen LogP contribution >= 0.6 is 0 Å². The van der Waals surface area contributed by atoms with Crippen LogP contribution in [-0.4, -0.2) is 37.0 Å². The minimum atomic E-state index is -3.46. The monoisotopic (exact) mass is 309 g/mol. The predicted octanol–water partition coefficient (Wildman–Crippen LogP) is 2.23. The molecule has 0 heterocycles. The van der Waals surface area contributed by atoms with Crippen LogP contribution < -0.4 is 0 Å². The van der Waals surface area contributed by atoms with Crippen molar-refractivity contribution in [2.24, 2.45) is 0 Å². The molecule has 1 aromatic carbocycles. The molecule has 1 unspecified atom stereocenters. The third-order valence-electron chi connectivity index (χ3n) is 3.32. The number of aliphatic hydroxyl groups is 1. The average molecular weight is 309 g/mol. The molecule has 0 bridgehead atoms. The molecule has 0 saturated heterocycles. The lowest BCUT2D eigenvalue weighted by molar-refractivity contribution is 0.305. The van der Waals surface area contributed by atoms with Crippen molar-refractivity contribution in [2.75, 3.05) is 13.2 Å². The van der Waals surface area contributed by atoms with Crippen LogP contribution in [0.5, 0.6) is 0 Å². The van der Waals surface area contributed by atoms with Gasteiger partial charge in [0, 0.05) is 24.6 Å². The molecule has 0 aliphatic heterocycles. The summed E-state index contributed by atoms with van der Waals surface area (Å²) >= 11 is 0. The Morgan fingerprint density at radius 1 is 1.24 bits per heavy atom. The first kappa shape index (κ1) is 17.7. The second-order valence-corrected chi connectivity index (χ2v) is 6.66. The summed E-state index contributed by atoms with van der Waals surface area (Å²) in [6.45, 7) is 6.21. The molecule has 0 fully saturated rings. The van der Waals surface area contributed by atoms with Crippen molar-refractivity contribution >= 4 is 10.0 Å². The molecule has 0 aliphatic rings. The Morgan fingerprint density at radius 3 is 2.33 bits per heavy atom. The second kappa shape index (κ2) is 8.18. The SMILES string of the molecule is CCC(C)N(CC)S(=O)(=O)c1ccc(C#CCCO)cc1. The van der Waals surface area contributed by atoms with E-state index in [1.165, 1.54) is 4.31 Å². The smallest absolute Gasteiger partial charge is 0.243 e. The maximum atomic E-state index is 12.6. The number of hydrogen-bond donors (Lipinski definition) is 1. The number of rotatable bonds is 6. The molecule has 0 aromatic heterocycles. The van der Waals surface area contributed by atoms with Gasteiger partial charge in [0.2, 0.25) is 10.0 Å². The molecule has 0 saturated carbocycles. The Hall–Kier alpha value is -1.35. The van der Waals surface area contributed by atoms with Crippen LogP contribution in [0.25, 0.3) is 0 Å². The van der Waals surface area contributed by atoms with Crippen LogP contribution in [0.4, 0.5) is 0 Å². The minimum Gasteiger partial charge on any atom is -0.395 e. The minimum absolute atomic E-state index is 0.0241. The fraction of sp³-hybridized carbons (Fsp3) is 0.500. The van der Waals surface area contributed by atoms with Gasteiger partial charge in [0.25, 0.3) is 0 Å². The van der Waals surface area contributed by atoms with Gasteiger partial charge in [-0.05, 0) is 37.6 Å². The molecule has 4 nitrogen and oxygen atoms in total. The molecule has 1 atom stereocenters. The molecule has 21 heavy (non-hydrogen) atoms. The van der Waals surface area contributed by atoms with E-state index >= 15 is 0 Å². The van der Waals surface area contributed by atoms with Crippen molar-refractivity contribution in [3.8, 4) is 11.8 Å². The molecule has 0 radical (unpaired) electrons. The van der Waals surface area contributed by atoms with Crippen LogP contribution in [-0.2, 0) is 10.0 Å². The van der Waals surface area contributed by atoms with E-state index in [1.54, 1.807) is 24.3 Å². The third-order valence-corrected chi connectivity index (χ3v) is 5.43. The molecular weight excluding hydrogens is 286 g/mol. The van der Waals surface area contributed by atoms with Gasteiger partial charge in [-0.15, -0.1) is 0 Å². The summed E-state index contributed by atoms with van der Waals surface area (Å²) in [5.74, 6) is 5.69. The maximum Gasteiger partial charge on any atom is 0.243 e. The van der Waals surface area contributed by atoms with E-state index in [9.17, 15) is 8.42 Å². The molecule has 1 aromatic rings. The quantitative estimate of drug-likeness (QED) is 0.820. The van der Waals surface area contributed by atoms with Gasteiger partial charge in [-0.25, -0.2) is 8.42 Å². The van der Waals surface area contributed by atoms with Gasteiger partial charge in [-0.3, -0.25) is 0 Å². The first-order valence-corrected chi connectivity index (χ1v) is 8.63. The number of sulfonamides is 1. The van der Waals surface area contributed by atoms with E-state index in [2.05, 4.69) is 11.8 Å². The van der Waals surface area contributed by atoms with E-state index in [4.69, 9.17) is 5.11 Å². The van der Waals surface area contributed by atoms with E-state index < -0.39 is 10.0 Å². The van der Waals surface area contributed by atoms with E-state index in [-0.39, 0.29) is 17.5 Å². The fourth-order valence-corrected chi connectivity index (χ4v) is 3.70. The number of benzene rings is 1. The van der Waals surface area contributed by atoms with Crippen molar-refractivity contribution in [1.82, 2.24) is 4.31 Å². The first-order chi connectivity index (χ1) is 9.97. The van der Waals surface area contributed by atoms with Crippen LogP contribution in [0.1, 0.15) is 39.2 Å². The average Bonchev–Trinajstić information content (AvgIpc) is 2.48. The molecule has 1 rings (SSSR count). The van der Waals surface area contributed by atoms with Gasteiger partial charge in [0.05, 0.1) is 11.5 Å². The lowest BCUT2D eigenvalue weighted by Crippen LogP contribution is -2.38. The standard InChI is InChI=1S/C16H23NO3S/c1-4-14(3)17(5-2)21(19,20)16-11-9-15(10-12-16)8-6-7-13-18/h9-12,14,18H,4-5,7,13H2,1-3H3. The largest absolute Gasteiger partial charge is 0.395 e. The second-order valence-electron chi connectivity index (χ2n) is 4.77. The summed E-state index contributed by atoms with van der Waals surface area (Å²) in [5, 5.41) is 8.67. The van der Waals surface area contributed by atoms with E-state index in [1.807, 2.05) is 20.8 Å². The van der Waals surface area contributed by atoms with Gasteiger partial charge in [-0.2, -0.15) is 4.31 Å². The van der Waals surface area contributed by atoms with Crippen LogP contribution in [0.3, 0.4) is 0 Å². The summed E-state index contributed by atoms with van der Waals surface area (Å²) in [6, 6.07) is 6.54. The molecular formula is C16H23NO3S. The van der Waals surface area contributed by atoms with Crippen molar-refractivity contribution in [2.45, 2.75) is 44.6 Å². The van der Waals surface area contributed by atoms with E-state index in [0.717, 1.165) is 12.0 Å². The third kappa shape index (κ3) is 4.57. The fourth-order valence-electron chi connectivity index (χ4n) is 1.99. The highest BCUT2D eigenvalue weighted by Crippen LogP contribution is 2.19. The summed E-state index contributed by atoms with van der Waals surface area (Å²) < 4.78 is 26.7. The Morgan fingerprint density at radius 2 is 1.86 bits per heavy atom. The molecule has 1 N–H and O–H groups in total. The lowest BCUT2D eigenvalue weighted by atomic mass is 10.2. The number of aliphatic hydroxyl groups excluding tert-OH is 1. The lowest BCUT2D eigenvalue weighted by Gasteiger charge is -2.26. The molecule has 5 heteroatoms. The first-order valence-electron chi connectivity index (χ1n) is 7.19. The summed E-state index contributed by atoms with van der Waals surface area (Å²) in [6.07, 6.45) is 1.19. The normalized spacial score (nSPS) is 12.8. The Bertz CT molecular complexity index is 597. The maximum absolute atomic E-state index is 12.6. The Kier molecular flexibility index (Phi) is 6.90. The number of hydrogen-bond acceptors (Lipinski definition) is 3. The van der Waals surface area contributed by atoms with Gasteiger partial charge >= 0.3 is 0 Å². The van der Waals surface area contributed by atoms with Gasteiger partial charge in [-0.1, -0.05) is 25.7 Å². The van der Waals surface area contributed by atoms with Crippen molar-refractivity contribution in [3.63, 3.8) is 0 Å². The van der Waals surface area contributed by atoms with E-state index in [0.29, 0.717) is 13.0 Å². The highest BCUT2D eigenvalue weighted by Gasteiger charge is 2.26. The zero-order valence-corrected chi connectivity index (χ0v) is 13.7. The Balaban J connectivity index is 3.02. The van der Waals surface area contributed by atoms with Gasteiger partial charge < -0.3 is 5.11 Å². The number of nitrogens with zero attached hydrogens (tertiary/aromatic N) is 1. The van der Waals surface area contributed by atoms with Crippen molar-refractivity contribution < 1.29 is 13.5 Å². The highest BCUT2D eigenvalue weighted by molar-refractivity contribution is 7.89. The molecule has 0 spiro atoms. The van der Waals surface area contributed by atoms with Crippen molar-refractivity contribution in [1.29, 1.82) is 0 Å². The van der Waals surface area contributed by atoms with Crippen LogP contribution in [0.15, 0.2) is 29.2 Å². The zero-order chi connectivity index (χ0) is 15.9. The van der Waals surface area contributed by atoms with Gasteiger partial charge in [0.15, 0.2) is 0 Å². The summed E-state index contributed by atoms with van der Waals surface area (Å²) in [7, 11) is -3.46. The zero-order valence-electron chi connectivity index (χ0n) is 12.8. The van der Waals surface area contributed by atoms with Crippen LogP contribution in [0, 0.1) is 11.8 Å². The summed E-state index contributed by atoms with van der Waals surface area (Å²) in [4.78, 5) is 0.289. The molecule has 0 aliphatic carbocycles. The van der Waals surface area contributed by atoms with Crippen LogP contribution in [0.2, 0.25) is 0 Å².